The molecule has 1 aliphatic heterocycles. The maximum atomic E-state index is 13.6. The number of likely N-dealkylation sites (tertiary alicyclic amines) is 1. The van der Waals surface area contributed by atoms with Crippen LogP contribution in [0.2, 0.25) is 0 Å². The Balaban J connectivity index is 1.67. The van der Waals surface area contributed by atoms with Gasteiger partial charge in [-0.05, 0) is 59.7 Å². The predicted octanol–water partition coefficient (Wildman–Crippen LogP) is 4.58. The smallest absolute Gasteiger partial charge is 0.408 e. The van der Waals surface area contributed by atoms with Crippen LogP contribution >= 0.6 is 27.3 Å². The second-order valence-corrected chi connectivity index (χ2v) is 10.3. The zero-order valence-corrected chi connectivity index (χ0v) is 18.4. The minimum absolute atomic E-state index is 0.206. The average Bonchev–Trinajstić information content (AvgIpc) is 3.08. The van der Waals surface area contributed by atoms with Crippen molar-refractivity contribution in [2.45, 2.75) is 63.2 Å². The summed E-state index contributed by atoms with van der Waals surface area (Å²) in [5, 5.41) is 11.4. The maximum absolute atomic E-state index is 13.6. The van der Waals surface area contributed by atoms with E-state index >= 15 is 0 Å². The van der Waals surface area contributed by atoms with Crippen molar-refractivity contribution in [3.05, 3.63) is 20.8 Å². The number of carbonyl (C=O) groups excluding carboxylic acids is 2. The molecule has 2 N–H and O–H groups in total. The molecular weight excluding hydrogens is 489 g/mol. The molecule has 11 heteroatoms. The number of thiophene rings is 1. The van der Waals surface area contributed by atoms with Crippen LogP contribution in [0.4, 0.5) is 18.0 Å². The van der Waals surface area contributed by atoms with E-state index in [4.69, 9.17) is 0 Å². The van der Waals surface area contributed by atoms with Crippen LogP contribution in [0.5, 0.6) is 0 Å². The van der Waals surface area contributed by atoms with Crippen LogP contribution in [0.25, 0.3) is 0 Å². The zero-order valence-electron chi connectivity index (χ0n) is 16.0. The molecule has 1 aromatic rings. The van der Waals surface area contributed by atoms with Gasteiger partial charge in [-0.3, -0.25) is 4.79 Å². The standard InChI is InChI=1S/C19H22BrF3N2O4S/c20-13-9-7-11(30-13)6-8-12-14(17(27)28)25(16(12)26)18(29)24-15(19(21,22)23)10-4-2-1-3-5-10/h7,9-10,12,14-15H,1-6,8H2,(H,24,29)(H,27,28)/t12-,14+,15+/m1/s1. The molecule has 0 radical (unpaired) electrons. The van der Waals surface area contributed by atoms with Gasteiger partial charge in [0.15, 0.2) is 6.04 Å². The van der Waals surface area contributed by atoms with E-state index in [9.17, 15) is 32.7 Å². The molecule has 0 bridgehead atoms. The lowest BCUT2D eigenvalue weighted by molar-refractivity contribution is -0.173. The van der Waals surface area contributed by atoms with Crippen molar-refractivity contribution in [1.29, 1.82) is 0 Å². The second-order valence-electron chi connectivity index (χ2n) is 7.71. The van der Waals surface area contributed by atoms with Gasteiger partial charge in [0.25, 0.3) is 0 Å². The van der Waals surface area contributed by atoms with Crippen LogP contribution in [-0.2, 0) is 16.0 Å². The summed E-state index contributed by atoms with van der Waals surface area (Å²) in [4.78, 5) is 38.0. The molecule has 1 saturated heterocycles. The highest BCUT2D eigenvalue weighted by atomic mass is 79.9. The predicted molar refractivity (Wildman–Crippen MR) is 107 cm³/mol. The SMILES string of the molecule is O=C(O)[C@@H]1[C@@H](CCc2ccc(Br)s2)C(=O)N1C(=O)N[C@@H](C1CCCCC1)C(F)(F)F. The van der Waals surface area contributed by atoms with E-state index < -0.39 is 48.0 Å². The number of hydrogen-bond acceptors (Lipinski definition) is 4. The van der Waals surface area contributed by atoms with Crippen LogP contribution in [0.1, 0.15) is 43.4 Å². The average molecular weight is 511 g/mol. The number of rotatable bonds is 6. The van der Waals surface area contributed by atoms with Crippen molar-refractivity contribution in [2.75, 3.05) is 0 Å². The van der Waals surface area contributed by atoms with E-state index in [1.54, 1.807) is 0 Å². The highest BCUT2D eigenvalue weighted by Crippen LogP contribution is 2.37. The van der Waals surface area contributed by atoms with E-state index in [1.807, 2.05) is 17.4 Å². The van der Waals surface area contributed by atoms with Gasteiger partial charge in [0.2, 0.25) is 5.91 Å². The molecule has 2 heterocycles. The van der Waals surface area contributed by atoms with Crippen LogP contribution in [0.15, 0.2) is 15.9 Å². The van der Waals surface area contributed by atoms with Gasteiger partial charge in [-0.15, -0.1) is 11.3 Å². The first-order valence-electron chi connectivity index (χ1n) is 9.77. The normalized spacial score (nSPS) is 23.7. The second kappa shape index (κ2) is 9.25. The summed E-state index contributed by atoms with van der Waals surface area (Å²) in [6.07, 6.45) is -1.21. The molecule has 3 rings (SSSR count). The number of halogens is 4. The molecule has 6 nitrogen and oxygen atoms in total. The van der Waals surface area contributed by atoms with E-state index in [0.29, 0.717) is 37.0 Å². The Kier molecular flexibility index (Phi) is 7.11. The minimum Gasteiger partial charge on any atom is -0.480 e. The van der Waals surface area contributed by atoms with Crippen LogP contribution in [0, 0.1) is 11.8 Å². The quantitative estimate of drug-likeness (QED) is 0.548. The molecule has 3 amide bonds. The maximum Gasteiger partial charge on any atom is 0.408 e. The van der Waals surface area contributed by atoms with Crippen LogP contribution in [-0.4, -0.2) is 46.2 Å². The molecule has 0 aromatic carbocycles. The first kappa shape index (κ1) is 23.1. The molecule has 30 heavy (non-hydrogen) atoms. The highest BCUT2D eigenvalue weighted by Gasteiger charge is 2.56. The number of nitrogens with one attached hydrogen (secondary N) is 1. The van der Waals surface area contributed by atoms with Crippen LogP contribution < -0.4 is 5.32 Å². The molecule has 2 aliphatic rings. The van der Waals surface area contributed by atoms with Gasteiger partial charge in [-0.1, -0.05) is 19.3 Å². The Morgan fingerprint density at radius 1 is 1.27 bits per heavy atom. The lowest BCUT2D eigenvalue weighted by Gasteiger charge is -2.44. The number of hydrogen-bond donors (Lipinski definition) is 2. The first-order valence-corrected chi connectivity index (χ1v) is 11.4. The summed E-state index contributed by atoms with van der Waals surface area (Å²) < 4.78 is 41.6. The van der Waals surface area contributed by atoms with Gasteiger partial charge >= 0.3 is 18.2 Å². The molecule has 3 atom stereocenters. The van der Waals surface area contributed by atoms with Crippen molar-refractivity contribution >= 4 is 45.2 Å². The van der Waals surface area contributed by atoms with Crippen molar-refractivity contribution in [3.8, 4) is 0 Å². The number of aliphatic carboxylic acids is 1. The lowest BCUT2D eigenvalue weighted by Crippen LogP contribution is -2.69. The number of urea groups is 1. The zero-order chi connectivity index (χ0) is 22.1. The van der Waals surface area contributed by atoms with E-state index in [2.05, 4.69) is 15.9 Å². The molecule has 0 spiro atoms. The third-order valence-corrected chi connectivity index (χ3v) is 7.45. The van der Waals surface area contributed by atoms with Crippen LogP contribution in [0.3, 0.4) is 0 Å². The number of carboxylic acids is 1. The highest BCUT2D eigenvalue weighted by molar-refractivity contribution is 9.11. The molecule has 1 aliphatic carbocycles. The number of carbonyl (C=O) groups is 3. The molecule has 2 fully saturated rings. The van der Waals surface area contributed by atoms with E-state index in [0.717, 1.165) is 15.1 Å². The van der Waals surface area contributed by atoms with Gasteiger partial charge in [0, 0.05) is 4.88 Å². The van der Waals surface area contributed by atoms with Gasteiger partial charge in [0.05, 0.1) is 9.70 Å². The number of carboxylic acid groups (broad SMARTS) is 1. The number of imide groups is 1. The Labute approximate surface area is 183 Å². The summed E-state index contributed by atoms with van der Waals surface area (Å²) in [6, 6.07) is -1.15. The summed E-state index contributed by atoms with van der Waals surface area (Å²) >= 11 is 4.77. The Morgan fingerprint density at radius 3 is 2.47 bits per heavy atom. The Hall–Kier alpha value is -1.62. The lowest BCUT2D eigenvalue weighted by atomic mass is 9.82. The largest absolute Gasteiger partial charge is 0.480 e. The number of aryl methyl sites for hydroxylation is 1. The summed E-state index contributed by atoms with van der Waals surface area (Å²) in [6.45, 7) is 0. The first-order chi connectivity index (χ1) is 14.1. The third kappa shape index (κ3) is 4.99. The monoisotopic (exact) mass is 510 g/mol. The van der Waals surface area contributed by atoms with Gasteiger partial charge in [0.1, 0.15) is 6.04 Å². The fraction of sp³-hybridized carbons (Fsp3) is 0.632. The number of β-lactam (4-membered cyclic amide) rings is 1. The van der Waals surface area contributed by atoms with E-state index in [1.165, 1.54) is 11.3 Å². The summed E-state index contributed by atoms with van der Waals surface area (Å²) in [7, 11) is 0. The van der Waals surface area contributed by atoms with Crippen molar-refractivity contribution in [1.82, 2.24) is 10.2 Å². The van der Waals surface area contributed by atoms with Crippen molar-refractivity contribution in [3.63, 3.8) is 0 Å². The third-order valence-electron chi connectivity index (χ3n) is 5.77. The van der Waals surface area contributed by atoms with Gasteiger partial charge < -0.3 is 10.4 Å². The van der Waals surface area contributed by atoms with Crippen molar-refractivity contribution < 1.29 is 32.7 Å². The Morgan fingerprint density at radius 2 is 1.93 bits per heavy atom. The number of alkyl halides is 3. The molecule has 166 valence electrons. The fourth-order valence-corrected chi connectivity index (χ4v) is 5.76. The summed E-state index contributed by atoms with van der Waals surface area (Å²) in [5.41, 5.74) is 0. The molecular formula is C19H22BrF3N2O4S. The molecule has 0 unspecified atom stereocenters. The number of amides is 3. The number of nitrogens with zero attached hydrogens (tertiary/aromatic N) is 1. The van der Waals surface area contributed by atoms with E-state index in [-0.39, 0.29) is 6.42 Å². The van der Waals surface area contributed by atoms with Gasteiger partial charge in [-0.2, -0.15) is 13.2 Å². The Bertz CT molecular complexity index is 810. The molecule has 1 saturated carbocycles. The summed E-state index contributed by atoms with van der Waals surface area (Å²) in [5.74, 6) is -3.85. The minimum atomic E-state index is -4.67. The molecule has 1 aromatic heterocycles. The topological polar surface area (TPSA) is 86.7 Å². The van der Waals surface area contributed by atoms with Gasteiger partial charge in [-0.25, -0.2) is 14.5 Å². The van der Waals surface area contributed by atoms with Crippen molar-refractivity contribution in [2.24, 2.45) is 11.8 Å². The fourth-order valence-electron chi connectivity index (χ4n) is 4.26.